The van der Waals surface area contributed by atoms with E-state index in [1.807, 2.05) is 0 Å². The van der Waals surface area contributed by atoms with Crippen LogP contribution in [0.3, 0.4) is 0 Å². The normalized spacial score (nSPS) is 17.1. The van der Waals surface area contributed by atoms with Gasteiger partial charge in [-0.05, 0) is 19.1 Å². The van der Waals surface area contributed by atoms with Crippen molar-refractivity contribution in [2.45, 2.75) is 31.7 Å². The van der Waals surface area contributed by atoms with Crippen LogP contribution >= 0.6 is 0 Å². The van der Waals surface area contributed by atoms with Crippen LogP contribution in [0.5, 0.6) is 0 Å². The van der Waals surface area contributed by atoms with Gasteiger partial charge in [0.05, 0.1) is 24.5 Å². The second-order valence-corrected chi connectivity index (χ2v) is 8.10. The molecule has 8 nitrogen and oxygen atoms in total. The molecule has 1 aliphatic heterocycles. The van der Waals surface area contributed by atoms with Gasteiger partial charge < -0.3 is 10.4 Å². The fourth-order valence-electron chi connectivity index (χ4n) is 3.71. The van der Waals surface area contributed by atoms with Gasteiger partial charge in [0.2, 0.25) is 11.3 Å². The number of benzene rings is 1. The van der Waals surface area contributed by atoms with E-state index in [4.69, 9.17) is 0 Å². The van der Waals surface area contributed by atoms with E-state index in [1.165, 1.54) is 6.07 Å². The van der Waals surface area contributed by atoms with E-state index in [1.54, 1.807) is 5.32 Å². The summed E-state index contributed by atoms with van der Waals surface area (Å²) in [7, 11) is 0. The van der Waals surface area contributed by atoms with Crippen molar-refractivity contribution in [1.82, 2.24) is 14.9 Å². The molecule has 1 aliphatic rings. The molecule has 36 heavy (non-hydrogen) atoms. The fraction of sp³-hybridized carbons (Fsp3) is 0.273. The van der Waals surface area contributed by atoms with Crippen LogP contribution in [-0.4, -0.2) is 51.3 Å². The molecule has 3 heterocycles. The van der Waals surface area contributed by atoms with Gasteiger partial charge in [-0.2, -0.15) is 13.2 Å². The second kappa shape index (κ2) is 8.93. The number of aliphatic hydroxyl groups is 1. The van der Waals surface area contributed by atoms with Crippen molar-refractivity contribution in [2.24, 2.45) is 0 Å². The summed E-state index contributed by atoms with van der Waals surface area (Å²) in [6.45, 7) is 0.475. The molecule has 0 spiro atoms. The molecule has 1 saturated heterocycles. The monoisotopic (exact) mass is 514 g/mol. The van der Waals surface area contributed by atoms with Crippen LogP contribution in [0.25, 0.3) is 16.7 Å². The number of β-amino-alcohol motifs (C(OH)–C–C–N with tert-alkyl or cyclic N) is 1. The van der Waals surface area contributed by atoms with Crippen molar-refractivity contribution in [3.05, 3.63) is 63.7 Å². The van der Waals surface area contributed by atoms with E-state index in [0.717, 1.165) is 11.0 Å². The molecule has 190 valence electrons. The summed E-state index contributed by atoms with van der Waals surface area (Å²) >= 11 is 0. The van der Waals surface area contributed by atoms with E-state index in [2.05, 4.69) is 4.98 Å². The Kier molecular flexibility index (Phi) is 6.24. The van der Waals surface area contributed by atoms with Gasteiger partial charge in [0.1, 0.15) is 28.9 Å². The van der Waals surface area contributed by atoms with Crippen LogP contribution in [0.15, 0.2) is 35.3 Å². The minimum absolute atomic E-state index is 0.108. The number of aliphatic hydroxyl groups excluding tert-OH is 1. The summed E-state index contributed by atoms with van der Waals surface area (Å²) in [5.41, 5.74) is -3.46. The zero-order valence-corrected chi connectivity index (χ0v) is 18.2. The molecular formula is C22H16F6N4O4. The zero-order valence-electron chi connectivity index (χ0n) is 18.2. The van der Waals surface area contributed by atoms with E-state index < -0.39 is 75.3 Å². The summed E-state index contributed by atoms with van der Waals surface area (Å²) in [6, 6.07) is 0.510. The number of amides is 2. The molecule has 3 aromatic rings. The van der Waals surface area contributed by atoms with Crippen molar-refractivity contribution < 1.29 is 41.0 Å². The lowest BCUT2D eigenvalue weighted by molar-refractivity contribution is -0.149. The second-order valence-electron chi connectivity index (χ2n) is 8.10. The summed E-state index contributed by atoms with van der Waals surface area (Å²) in [6.07, 6.45) is -5.49. The van der Waals surface area contributed by atoms with Crippen LogP contribution in [0.2, 0.25) is 0 Å². The maximum Gasteiger partial charge on any atom is 0.408 e. The maximum atomic E-state index is 14.7. The number of rotatable bonds is 4. The van der Waals surface area contributed by atoms with Crippen molar-refractivity contribution >= 4 is 28.7 Å². The SMILES string of the molecule is C[C@H](NC(=O)c1cn(-c2c(F)cc(F)cc2F)c2nc(N3C[C@@H](O)CC3=O)ccc2c1=O)C(F)(F)F. The van der Waals surface area contributed by atoms with Gasteiger partial charge in [-0.15, -0.1) is 0 Å². The molecule has 1 fully saturated rings. The molecule has 0 saturated carbocycles. The van der Waals surface area contributed by atoms with Crippen LogP contribution in [0.1, 0.15) is 23.7 Å². The number of halogens is 6. The largest absolute Gasteiger partial charge is 0.408 e. The Balaban J connectivity index is 1.97. The third kappa shape index (κ3) is 4.51. The number of fused-ring (bicyclic) bond motifs is 1. The Labute approximate surface area is 197 Å². The average Bonchev–Trinajstić information content (AvgIpc) is 3.11. The number of nitrogens with one attached hydrogen (secondary N) is 1. The third-order valence-corrected chi connectivity index (χ3v) is 5.52. The Bertz CT molecular complexity index is 1430. The molecule has 2 aromatic heterocycles. The summed E-state index contributed by atoms with van der Waals surface area (Å²) in [4.78, 5) is 42.9. The average molecular weight is 514 g/mol. The Morgan fingerprint density at radius 1 is 1.17 bits per heavy atom. The van der Waals surface area contributed by atoms with Gasteiger partial charge >= 0.3 is 6.18 Å². The first-order chi connectivity index (χ1) is 16.8. The van der Waals surface area contributed by atoms with Crippen LogP contribution in [0, 0.1) is 17.5 Å². The van der Waals surface area contributed by atoms with Gasteiger partial charge in [0.25, 0.3) is 5.91 Å². The summed E-state index contributed by atoms with van der Waals surface area (Å²) in [5, 5.41) is 10.9. The molecule has 1 aromatic carbocycles. The molecule has 2 N–H and O–H groups in total. The number of pyridine rings is 2. The van der Waals surface area contributed by atoms with Gasteiger partial charge in [-0.3, -0.25) is 23.9 Å². The molecule has 2 atom stereocenters. The maximum absolute atomic E-state index is 14.7. The highest BCUT2D eigenvalue weighted by Gasteiger charge is 2.38. The number of anilines is 1. The van der Waals surface area contributed by atoms with Gasteiger partial charge in [0, 0.05) is 18.3 Å². The first-order valence-corrected chi connectivity index (χ1v) is 10.3. The van der Waals surface area contributed by atoms with Crippen molar-refractivity contribution in [3.8, 4) is 5.69 Å². The molecular weight excluding hydrogens is 498 g/mol. The number of nitrogens with zero attached hydrogens (tertiary/aromatic N) is 3. The minimum Gasteiger partial charge on any atom is -0.391 e. The Morgan fingerprint density at radius 3 is 2.36 bits per heavy atom. The fourth-order valence-corrected chi connectivity index (χ4v) is 3.71. The Hall–Kier alpha value is -3.94. The molecule has 2 amide bonds. The number of hydrogen-bond donors (Lipinski definition) is 2. The molecule has 0 radical (unpaired) electrons. The van der Waals surface area contributed by atoms with E-state index in [9.17, 15) is 45.8 Å². The predicted octanol–water partition coefficient (Wildman–Crippen LogP) is 2.58. The highest BCUT2D eigenvalue weighted by Crippen LogP contribution is 2.27. The lowest BCUT2D eigenvalue weighted by Gasteiger charge is -2.20. The summed E-state index contributed by atoms with van der Waals surface area (Å²) < 4.78 is 82.2. The smallest absolute Gasteiger partial charge is 0.391 e. The molecule has 0 aliphatic carbocycles. The van der Waals surface area contributed by atoms with E-state index in [-0.39, 0.29) is 18.8 Å². The van der Waals surface area contributed by atoms with Gasteiger partial charge in [-0.25, -0.2) is 18.2 Å². The number of aromatic nitrogens is 2. The minimum atomic E-state index is -4.84. The number of carbonyl (C=O) groups excluding carboxylic acids is 2. The predicted molar refractivity (Wildman–Crippen MR) is 113 cm³/mol. The van der Waals surface area contributed by atoms with Crippen molar-refractivity contribution in [3.63, 3.8) is 0 Å². The number of hydrogen-bond acceptors (Lipinski definition) is 5. The third-order valence-electron chi connectivity index (χ3n) is 5.52. The lowest BCUT2D eigenvalue weighted by Crippen LogP contribution is -2.44. The highest BCUT2D eigenvalue weighted by molar-refractivity contribution is 5.99. The first kappa shape index (κ1) is 25.2. The molecule has 0 bridgehead atoms. The molecule has 14 heteroatoms. The molecule has 0 unspecified atom stereocenters. The zero-order chi connectivity index (χ0) is 26.5. The van der Waals surface area contributed by atoms with Crippen LogP contribution in [0.4, 0.5) is 32.2 Å². The number of carbonyl (C=O) groups is 2. The van der Waals surface area contributed by atoms with Crippen molar-refractivity contribution in [1.29, 1.82) is 0 Å². The van der Waals surface area contributed by atoms with Gasteiger partial charge in [0.15, 0.2) is 17.3 Å². The first-order valence-electron chi connectivity index (χ1n) is 10.3. The topological polar surface area (TPSA) is 105 Å². The standard InChI is InChI=1S/C22H16F6N4O4/c1-9(22(26,27)28)29-21(36)13-8-32(18-14(24)4-10(23)5-15(18)25)20-12(19(13)35)2-3-16(30-20)31-7-11(33)6-17(31)34/h2-5,8-9,11,33H,6-7H2,1H3,(H,29,36)/t9-,11-/m0/s1. The van der Waals surface area contributed by atoms with E-state index in [0.29, 0.717) is 29.8 Å². The van der Waals surface area contributed by atoms with Gasteiger partial charge in [-0.1, -0.05) is 0 Å². The quantitative estimate of drug-likeness (QED) is 0.521. The van der Waals surface area contributed by atoms with Crippen LogP contribution < -0.4 is 15.6 Å². The highest BCUT2D eigenvalue weighted by atomic mass is 19.4. The Morgan fingerprint density at radius 2 is 1.81 bits per heavy atom. The van der Waals surface area contributed by atoms with Crippen molar-refractivity contribution in [2.75, 3.05) is 11.4 Å². The van der Waals surface area contributed by atoms with Crippen LogP contribution in [-0.2, 0) is 4.79 Å². The molecule has 4 rings (SSSR count). The lowest BCUT2D eigenvalue weighted by atomic mass is 10.1. The van der Waals surface area contributed by atoms with E-state index >= 15 is 0 Å². The summed E-state index contributed by atoms with van der Waals surface area (Å²) in [5.74, 6) is -6.33. The number of alkyl halides is 3.